The number of benzene rings is 1. The first-order valence-corrected chi connectivity index (χ1v) is 6.37. The van der Waals surface area contributed by atoms with Crippen LogP contribution in [0.1, 0.15) is 16.8 Å². The Morgan fingerprint density at radius 3 is 2.75 bits per heavy atom. The van der Waals surface area contributed by atoms with Crippen LogP contribution in [0.4, 0.5) is 0 Å². The summed E-state index contributed by atoms with van der Waals surface area (Å²) < 4.78 is 5.09. The van der Waals surface area contributed by atoms with Crippen LogP contribution in [-0.2, 0) is 4.79 Å². The van der Waals surface area contributed by atoms with Gasteiger partial charge in [0, 0.05) is 18.0 Å². The van der Waals surface area contributed by atoms with Crippen molar-refractivity contribution in [2.24, 2.45) is 0 Å². The van der Waals surface area contributed by atoms with Crippen molar-refractivity contribution in [3.8, 4) is 5.75 Å². The van der Waals surface area contributed by atoms with Crippen molar-refractivity contribution in [1.82, 2.24) is 4.90 Å². The van der Waals surface area contributed by atoms with Crippen LogP contribution in [0, 0.1) is 0 Å². The van der Waals surface area contributed by atoms with Crippen LogP contribution >= 0.6 is 11.6 Å². The van der Waals surface area contributed by atoms with Crippen molar-refractivity contribution >= 4 is 23.5 Å². The van der Waals surface area contributed by atoms with E-state index in [1.807, 2.05) is 0 Å². The van der Waals surface area contributed by atoms with Gasteiger partial charge >= 0.3 is 5.97 Å². The lowest BCUT2D eigenvalue weighted by molar-refractivity contribution is -0.141. The molecule has 6 nitrogen and oxygen atoms in total. The van der Waals surface area contributed by atoms with Gasteiger partial charge in [0.15, 0.2) is 0 Å². The number of carboxylic acid groups (broad SMARTS) is 1. The van der Waals surface area contributed by atoms with Crippen molar-refractivity contribution < 1.29 is 24.5 Å². The standard InChI is InChI=1S/C13H14ClNO5/c1-20-11-4-7(14)2-3-9(11)12(17)15-6-8(16)5-10(15)13(18)19/h2-4,8,10,16H,5-6H2,1H3,(H,18,19)/t8-,10-/m1/s1. The second-order valence-electron chi connectivity index (χ2n) is 4.55. The quantitative estimate of drug-likeness (QED) is 0.870. The predicted octanol–water partition coefficient (Wildman–Crippen LogP) is 1.01. The summed E-state index contributed by atoms with van der Waals surface area (Å²) in [6, 6.07) is 3.46. The molecule has 0 radical (unpaired) electrons. The third-order valence-corrected chi connectivity index (χ3v) is 3.45. The first-order valence-electron chi connectivity index (χ1n) is 5.99. The number of aliphatic hydroxyl groups is 1. The highest BCUT2D eigenvalue weighted by molar-refractivity contribution is 6.30. The van der Waals surface area contributed by atoms with Gasteiger partial charge in [-0.05, 0) is 18.2 Å². The Hall–Kier alpha value is -1.79. The number of carboxylic acids is 1. The number of methoxy groups -OCH3 is 1. The van der Waals surface area contributed by atoms with Crippen molar-refractivity contribution in [3.63, 3.8) is 0 Å². The zero-order valence-corrected chi connectivity index (χ0v) is 11.5. The SMILES string of the molecule is COc1cc(Cl)ccc1C(=O)N1C[C@H](O)C[C@@H]1C(=O)O. The minimum atomic E-state index is -1.14. The van der Waals surface area contributed by atoms with Crippen LogP contribution in [0.25, 0.3) is 0 Å². The fourth-order valence-corrected chi connectivity index (χ4v) is 2.43. The number of carbonyl (C=O) groups excluding carboxylic acids is 1. The summed E-state index contributed by atoms with van der Waals surface area (Å²) in [7, 11) is 1.40. The van der Waals surface area contributed by atoms with Gasteiger partial charge in [-0.25, -0.2) is 4.79 Å². The average molecular weight is 300 g/mol. The molecule has 1 saturated heterocycles. The van der Waals surface area contributed by atoms with E-state index in [1.165, 1.54) is 25.3 Å². The molecule has 0 aliphatic carbocycles. The number of carbonyl (C=O) groups is 2. The summed E-state index contributed by atoms with van der Waals surface area (Å²) in [6.07, 6.45) is -0.810. The van der Waals surface area contributed by atoms with E-state index < -0.39 is 24.0 Å². The number of hydrogen-bond acceptors (Lipinski definition) is 4. The van der Waals surface area contributed by atoms with Gasteiger partial charge in [0.05, 0.1) is 18.8 Å². The van der Waals surface area contributed by atoms with Crippen molar-refractivity contribution in [2.75, 3.05) is 13.7 Å². The summed E-state index contributed by atoms with van der Waals surface area (Å²) in [5.74, 6) is -1.36. The number of rotatable bonds is 3. The fraction of sp³-hybridized carbons (Fsp3) is 0.385. The molecule has 7 heteroatoms. The predicted molar refractivity (Wildman–Crippen MR) is 71.1 cm³/mol. The molecule has 0 saturated carbocycles. The number of hydrogen-bond donors (Lipinski definition) is 2. The molecule has 1 amide bonds. The topological polar surface area (TPSA) is 87.1 Å². The number of aliphatic carboxylic acids is 1. The molecule has 1 aliphatic rings. The molecule has 2 rings (SSSR count). The van der Waals surface area contributed by atoms with Crippen molar-refractivity contribution in [3.05, 3.63) is 28.8 Å². The highest BCUT2D eigenvalue weighted by atomic mass is 35.5. The van der Waals surface area contributed by atoms with E-state index >= 15 is 0 Å². The van der Waals surface area contributed by atoms with E-state index in [1.54, 1.807) is 0 Å². The van der Waals surface area contributed by atoms with Gasteiger partial charge in [-0.3, -0.25) is 4.79 Å². The van der Waals surface area contributed by atoms with Crippen LogP contribution in [0.5, 0.6) is 5.75 Å². The van der Waals surface area contributed by atoms with Gasteiger partial charge in [-0.2, -0.15) is 0 Å². The van der Waals surface area contributed by atoms with E-state index in [9.17, 15) is 14.7 Å². The van der Waals surface area contributed by atoms with E-state index in [0.717, 1.165) is 4.90 Å². The lowest BCUT2D eigenvalue weighted by Gasteiger charge is -2.22. The molecule has 0 aromatic heterocycles. The van der Waals surface area contributed by atoms with E-state index in [0.29, 0.717) is 5.02 Å². The summed E-state index contributed by atoms with van der Waals surface area (Å²) in [5.41, 5.74) is 0.220. The second-order valence-corrected chi connectivity index (χ2v) is 4.98. The third kappa shape index (κ3) is 2.71. The molecule has 1 aliphatic heterocycles. The maximum Gasteiger partial charge on any atom is 0.326 e. The Balaban J connectivity index is 2.33. The Morgan fingerprint density at radius 2 is 2.15 bits per heavy atom. The van der Waals surface area contributed by atoms with Gasteiger partial charge in [-0.15, -0.1) is 0 Å². The van der Waals surface area contributed by atoms with Crippen molar-refractivity contribution in [2.45, 2.75) is 18.6 Å². The summed E-state index contributed by atoms with van der Waals surface area (Å²) in [5, 5.41) is 19.1. The second kappa shape index (κ2) is 5.68. The maximum atomic E-state index is 12.4. The molecule has 0 unspecified atom stereocenters. The lowest BCUT2D eigenvalue weighted by Crippen LogP contribution is -2.40. The minimum absolute atomic E-state index is 0.0123. The Labute approximate surface area is 120 Å². The van der Waals surface area contributed by atoms with Gasteiger partial charge in [0.2, 0.25) is 0 Å². The van der Waals surface area contributed by atoms with E-state index in [2.05, 4.69) is 0 Å². The Morgan fingerprint density at radius 1 is 1.45 bits per heavy atom. The van der Waals surface area contributed by atoms with Crippen molar-refractivity contribution in [1.29, 1.82) is 0 Å². The molecule has 1 heterocycles. The molecule has 1 fully saturated rings. The lowest BCUT2D eigenvalue weighted by atomic mass is 10.1. The summed E-state index contributed by atoms with van der Waals surface area (Å²) >= 11 is 5.82. The van der Waals surface area contributed by atoms with E-state index in [4.69, 9.17) is 21.4 Å². The van der Waals surface area contributed by atoms with Gasteiger partial charge in [-0.1, -0.05) is 11.6 Å². The molecule has 2 N–H and O–H groups in total. The van der Waals surface area contributed by atoms with Crippen LogP contribution in [0.15, 0.2) is 18.2 Å². The smallest absolute Gasteiger partial charge is 0.326 e. The van der Waals surface area contributed by atoms with Gasteiger partial charge in [0.25, 0.3) is 5.91 Å². The Kier molecular flexibility index (Phi) is 4.15. The van der Waals surface area contributed by atoms with Gasteiger partial charge in [0.1, 0.15) is 11.8 Å². The van der Waals surface area contributed by atoms with E-state index in [-0.39, 0.29) is 24.3 Å². The highest BCUT2D eigenvalue weighted by Crippen LogP contribution is 2.27. The molecular weight excluding hydrogens is 286 g/mol. The first-order chi connectivity index (χ1) is 9.43. The zero-order valence-electron chi connectivity index (χ0n) is 10.7. The number of halogens is 1. The number of likely N-dealkylation sites (tertiary alicyclic amines) is 1. The normalized spacial score (nSPS) is 21.9. The fourth-order valence-electron chi connectivity index (χ4n) is 2.27. The zero-order chi connectivity index (χ0) is 14.9. The summed E-state index contributed by atoms with van der Waals surface area (Å²) in [4.78, 5) is 24.7. The maximum absolute atomic E-state index is 12.4. The number of aliphatic hydroxyl groups excluding tert-OH is 1. The molecule has 2 atom stereocenters. The minimum Gasteiger partial charge on any atom is -0.496 e. The number of amides is 1. The van der Waals surface area contributed by atoms with Gasteiger partial charge < -0.3 is 19.8 Å². The van der Waals surface area contributed by atoms with Crippen LogP contribution < -0.4 is 4.74 Å². The largest absolute Gasteiger partial charge is 0.496 e. The molecule has 1 aromatic carbocycles. The molecule has 20 heavy (non-hydrogen) atoms. The molecule has 0 spiro atoms. The van der Waals surface area contributed by atoms with Crippen LogP contribution in [0.3, 0.4) is 0 Å². The first kappa shape index (κ1) is 14.6. The molecule has 0 bridgehead atoms. The summed E-state index contributed by atoms with van der Waals surface area (Å²) in [6.45, 7) is -0.0123. The highest BCUT2D eigenvalue weighted by Gasteiger charge is 2.39. The average Bonchev–Trinajstić information content (AvgIpc) is 2.80. The molecular formula is C13H14ClNO5. The monoisotopic (exact) mass is 299 g/mol. The molecule has 1 aromatic rings. The Bertz CT molecular complexity index is 548. The van der Waals surface area contributed by atoms with Crippen LogP contribution in [-0.4, -0.2) is 52.8 Å². The number of ether oxygens (including phenoxy) is 1. The number of nitrogens with zero attached hydrogens (tertiary/aromatic N) is 1. The third-order valence-electron chi connectivity index (χ3n) is 3.22. The number of β-amino-alcohol motifs (C(OH)–C–C–N with tert-alkyl or cyclic N) is 1. The molecule has 108 valence electrons. The van der Waals surface area contributed by atoms with Crippen LogP contribution in [0.2, 0.25) is 5.02 Å².